The van der Waals surface area contributed by atoms with E-state index in [2.05, 4.69) is 111 Å². The van der Waals surface area contributed by atoms with Crippen LogP contribution in [-0.2, 0) is 0 Å². The lowest BCUT2D eigenvalue weighted by molar-refractivity contribution is 1.15. The lowest BCUT2D eigenvalue weighted by atomic mass is 10.0. The Balaban J connectivity index is 1.67. The van der Waals surface area contributed by atoms with Gasteiger partial charge >= 0.3 is 0 Å². The predicted molar refractivity (Wildman–Crippen MR) is 164 cm³/mol. The molecule has 5 aromatic carbocycles. The van der Waals surface area contributed by atoms with Gasteiger partial charge in [-0.2, -0.15) is 0 Å². The summed E-state index contributed by atoms with van der Waals surface area (Å²) in [5.74, 6) is 0. The predicted octanol–water partition coefficient (Wildman–Crippen LogP) is 8.37. The second-order valence-electron chi connectivity index (χ2n) is 10.1. The van der Waals surface area contributed by atoms with Crippen LogP contribution >= 0.6 is 0 Å². The average molecular weight is 512 g/mol. The molecule has 0 fully saturated rings. The van der Waals surface area contributed by atoms with Crippen LogP contribution in [0.1, 0.15) is 0 Å². The molecule has 0 saturated carbocycles. The number of rotatable bonds is 2. The molecule has 0 atom stereocenters. The summed E-state index contributed by atoms with van der Waals surface area (Å²) in [5.41, 5.74) is 9.40. The van der Waals surface area contributed by atoms with Gasteiger partial charge in [-0.3, -0.25) is 15.0 Å². The van der Waals surface area contributed by atoms with Crippen molar-refractivity contribution in [1.82, 2.24) is 24.1 Å². The van der Waals surface area contributed by atoms with Crippen LogP contribution in [0.4, 0.5) is 0 Å². The van der Waals surface area contributed by atoms with Crippen molar-refractivity contribution in [2.45, 2.75) is 0 Å². The Labute approximate surface area is 228 Å². The fourth-order valence-corrected chi connectivity index (χ4v) is 6.50. The first-order chi connectivity index (χ1) is 19.9. The molecule has 0 saturated heterocycles. The Morgan fingerprint density at radius 2 is 1.07 bits per heavy atom. The molecular formula is C35H21N5. The molecule has 0 radical (unpaired) electrons. The average Bonchev–Trinajstić information content (AvgIpc) is 3.55. The summed E-state index contributed by atoms with van der Waals surface area (Å²) in [7, 11) is 0. The highest BCUT2D eigenvalue weighted by Gasteiger charge is 2.25. The SMILES string of the molecule is c1ccc(-n2c3ccccc3c3c4ncccc4c4c5ccccc5n(-c5cccc6nccnc56)c4c32)cc1. The standard InChI is InChI=1S/C35H21N5/c1-2-10-22(11-3-1)39-27-16-6-5-13-24(27)31-32-25(14-9-19-37-32)30-23-12-4-7-17-28(23)40(34(30)35(31)39)29-18-8-15-26-33(29)38-21-20-36-26/h1-21H. The number of fused-ring (bicyclic) bond motifs is 11. The van der Waals surface area contributed by atoms with Gasteiger partial charge in [-0.25, -0.2) is 0 Å². The lowest BCUT2D eigenvalue weighted by Crippen LogP contribution is -2.00. The summed E-state index contributed by atoms with van der Waals surface area (Å²) >= 11 is 0. The highest BCUT2D eigenvalue weighted by Crippen LogP contribution is 2.46. The van der Waals surface area contributed by atoms with Crippen LogP contribution in [0.3, 0.4) is 0 Å². The summed E-state index contributed by atoms with van der Waals surface area (Å²) in [5, 5.41) is 5.84. The van der Waals surface area contributed by atoms with Crippen molar-refractivity contribution in [2.24, 2.45) is 0 Å². The molecule has 0 aliphatic carbocycles. The molecule has 186 valence electrons. The van der Waals surface area contributed by atoms with Crippen molar-refractivity contribution < 1.29 is 0 Å². The zero-order valence-corrected chi connectivity index (χ0v) is 21.4. The number of nitrogens with zero attached hydrogens (tertiary/aromatic N) is 5. The van der Waals surface area contributed by atoms with Crippen LogP contribution in [0.25, 0.3) is 76.9 Å². The van der Waals surface area contributed by atoms with E-state index in [1.807, 2.05) is 18.3 Å². The molecule has 0 N–H and O–H groups in total. The molecule has 0 unspecified atom stereocenters. The van der Waals surface area contributed by atoms with Crippen molar-refractivity contribution in [3.63, 3.8) is 0 Å². The highest BCUT2D eigenvalue weighted by atomic mass is 15.1. The topological polar surface area (TPSA) is 48.5 Å². The Hall–Kier alpha value is -5.55. The van der Waals surface area contributed by atoms with Gasteiger partial charge in [-0.1, -0.05) is 66.7 Å². The normalized spacial score (nSPS) is 12.0. The van der Waals surface area contributed by atoms with Gasteiger partial charge in [-0.05, 0) is 42.5 Å². The van der Waals surface area contributed by atoms with Crippen LogP contribution in [0, 0.1) is 0 Å². The van der Waals surface area contributed by atoms with E-state index in [4.69, 9.17) is 9.97 Å². The van der Waals surface area contributed by atoms with Gasteiger partial charge in [0.15, 0.2) is 0 Å². The second-order valence-corrected chi connectivity index (χ2v) is 10.1. The first-order valence-electron chi connectivity index (χ1n) is 13.4. The Bertz CT molecular complexity index is 2430. The van der Waals surface area contributed by atoms with Gasteiger partial charge < -0.3 is 9.13 Å². The van der Waals surface area contributed by atoms with Gasteiger partial charge in [-0.15, -0.1) is 0 Å². The molecule has 0 amide bonds. The molecule has 9 aromatic rings. The fraction of sp³-hybridized carbons (Fsp3) is 0. The molecule has 4 aromatic heterocycles. The number of pyridine rings is 1. The highest BCUT2D eigenvalue weighted by molar-refractivity contribution is 6.35. The summed E-state index contributed by atoms with van der Waals surface area (Å²) < 4.78 is 4.78. The summed E-state index contributed by atoms with van der Waals surface area (Å²) in [6.07, 6.45) is 5.43. The molecule has 40 heavy (non-hydrogen) atoms. The van der Waals surface area contributed by atoms with Gasteiger partial charge in [0, 0.05) is 51.2 Å². The lowest BCUT2D eigenvalue weighted by Gasteiger charge is -2.14. The Morgan fingerprint density at radius 3 is 1.93 bits per heavy atom. The van der Waals surface area contributed by atoms with E-state index < -0.39 is 0 Å². The molecule has 0 aliphatic rings. The third-order valence-corrected chi connectivity index (χ3v) is 8.02. The minimum absolute atomic E-state index is 0.869. The fourth-order valence-electron chi connectivity index (χ4n) is 6.50. The maximum Gasteiger partial charge on any atom is 0.113 e. The van der Waals surface area contributed by atoms with Gasteiger partial charge in [0.2, 0.25) is 0 Å². The Morgan fingerprint density at radius 1 is 0.425 bits per heavy atom. The van der Waals surface area contributed by atoms with Gasteiger partial charge in [0.25, 0.3) is 0 Å². The third-order valence-electron chi connectivity index (χ3n) is 8.02. The van der Waals surface area contributed by atoms with E-state index in [0.29, 0.717) is 0 Å². The van der Waals surface area contributed by atoms with E-state index in [1.165, 1.54) is 16.2 Å². The minimum atomic E-state index is 0.869. The summed E-state index contributed by atoms with van der Waals surface area (Å²) in [6, 6.07) is 38.4. The number of benzene rings is 5. The molecule has 5 nitrogen and oxygen atoms in total. The Kier molecular flexibility index (Phi) is 4.27. The molecule has 0 spiro atoms. The van der Waals surface area contributed by atoms with Crippen LogP contribution in [0.15, 0.2) is 128 Å². The smallest absolute Gasteiger partial charge is 0.113 e. The van der Waals surface area contributed by atoms with Crippen molar-refractivity contribution in [3.8, 4) is 11.4 Å². The summed E-state index contributed by atoms with van der Waals surface area (Å²) in [6.45, 7) is 0. The van der Waals surface area contributed by atoms with Crippen LogP contribution in [0.2, 0.25) is 0 Å². The molecular weight excluding hydrogens is 490 g/mol. The van der Waals surface area contributed by atoms with Crippen LogP contribution < -0.4 is 0 Å². The maximum absolute atomic E-state index is 5.01. The monoisotopic (exact) mass is 511 g/mol. The van der Waals surface area contributed by atoms with E-state index in [9.17, 15) is 0 Å². The summed E-state index contributed by atoms with van der Waals surface area (Å²) in [4.78, 5) is 14.5. The van der Waals surface area contributed by atoms with Crippen molar-refractivity contribution in [3.05, 3.63) is 128 Å². The third kappa shape index (κ3) is 2.73. The number of aromatic nitrogens is 5. The first-order valence-corrected chi connectivity index (χ1v) is 13.4. The maximum atomic E-state index is 5.01. The van der Waals surface area contributed by atoms with E-state index in [0.717, 1.165) is 60.8 Å². The molecule has 5 heteroatoms. The number of hydrogen-bond acceptors (Lipinski definition) is 3. The molecule has 4 heterocycles. The van der Waals surface area contributed by atoms with Gasteiger partial charge in [0.1, 0.15) is 5.52 Å². The minimum Gasteiger partial charge on any atom is -0.307 e. The van der Waals surface area contributed by atoms with Crippen molar-refractivity contribution in [2.75, 3.05) is 0 Å². The van der Waals surface area contributed by atoms with Crippen LogP contribution in [0.5, 0.6) is 0 Å². The largest absolute Gasteiger partial charge is 0.307 e. The molecule has 9 rings (SSSR count). The van der Waals surface area contributed by atoms with E-state index in [1.54, 1.807) is 12.4 Å². The zero-order valence-electron chi connectivity index (χ0n) is 21.4. The molecule has 0 bridgehead atoms. The van der Waals surface area contributed by atoms with Crippen LogP contribution in [-0.4, -0.2) is 24.1 Å². The number of hydrogen-bond donors (Lipinski definition) is 0. The van der Waals surface area contributed by atoms with Crippen molar-refractivity contribution in [1.29, 1.82) is 0 Å². The molecule has 0 aliphatic heterocycles. The van der Waals surface area contributed by atoms with E-state index in [-0.39, 0.29) is 0 Å². The van der Waals surface area contributed by atoms with E-state index >= 15 is 0 Å². The quantitative estimate of drug-likeness (QED) is 0.234. The van der Waals surface area contributed by atoms with Gasteiger partial charge in [0.05, 0.1) is 38.8 Å². The second kappa shape index (κ2) is 7.98. The number of para-hydroxylation sites is 4. The zero-order chi connectivity index (χ0) is 26.2. The first kappa shape index (κ1) is 21.4. The van der Waals surface area contributed by atoms with Crippen molar-refractivity contribution >= 4 is 65.5 Å².